The fraction of sp³-hybridized carbons (Fsp3) is 0.652. The van der Waals surface area contributed by atoms with Gasteiger partial charge in [0.05, 0.1) is 75.4 Å². The summed E-state index contributed by atoms with van der Waals surface area (Å²) in [5, 5.41) is 16.0. The quantitative estimate of drug-likeness (QED) is 0.0474. The van der Waals surface area contributed by atoms with Crippen LogP contribution in [-0.4, -0.2) is 137 Å². The van der Waals surface area contributed by atoms with E-state index in [1.165, 1.54) is 35.5 Å². The average Bonchev–Trinajstić information content (AvgIpc) is 3.04. The van der Waals surface area contributed by atoms with Crippen molar-refractivity contribution < 1.29 is 76.3 Å². The Bertz CT molecular complexity index is 879. The number of hydrogen-bond donors (Lipinski definition) is 7. The van der Waals surface area contributed by atoms with Crippen LogP contribution < -0.4 is 37.2 Å². The Kier molecular flexibility index (Phi) is 30.3. The van der Waals surface area contributed by atoms with E-state index in [4.69, 9.17) is 9.47 Å². The lowest BCUT2D eigenvalue weighted by molar-refractivity contribution is -0.141. The van der Waals surface area contributed by atoms with Gasteiger partial charge in [0.2, 0.25) is 5.91 Å². The zero-order chi connectivity index (χ0) is 35.8. The van der Waals surface area contributed by atoms with Gasteiger partial charge in [0, 0.05) is 13.7 Å². The monoisotopic (exact) mass is 673 g/mol. The molecule has 0 aliphatic rings. The summed E-state index contributed by atoms with van der Waals surface area (Å²) in [6, 6.07) is 0. The SMILES string of the molecule is COC(=O)CC(NC(=O)OC)NC(=O)OC.COC(=O)NCNC(=O)OC.COCCNC(=O)OCCC(=O)NCNC(=O)OC. The van der Waals surface area contributed by atoms with Crippen LogP contribution in [0.4, 0.5) is 28.8 Å². The Balaban J connectivity index is -0.000000625. The third kappa shape index (κ3) is 31.5. The van der Waals surface area contributed by atoms with Crippen molar-refractivity contribution >= 4 is 48.4 Å². The van der Waals surface area contributed by atoms with Gasteiger partial charge in [-0.25, -0.2) is 28.8 Å². The van der Waals surface area contributed by atoms with Gasteiger partial charge in [0.25, 0.3) is 0 Å². The van der Waals surface area contributed by atoms with Crippen molar-refractivity contribution in [1.82, 2.24) is 37.2 Å². The molecule has 23 nitrogen and oxygen atoms in total. The summed E-state index contributed by atoms with van der Waals surface area (Å²) in [6.07, 6.45) is -5.24. The van der Waals surface area contributed by atoms with Crippen LogP contribution in [0.15, 0.2) is 0 Å². The zero-order valence-electron chi connectivity index (χ0n) is 26.6. The minimum atomic E-state index is -0.952. The molecule has 0 aliphatic heterocycles. The number of alkyl carbamates (subject to hydrolysis) is 6. The number of ether oxygens (including phenoxy) is 8. The molecule has 0 saturated heterocycles. The molecule has 266 valence electrons. The summed E-state index contributed by atoms with van der Waals surface area (Å²) in [4.78, 5) is 86.4. The van der Waals surface area contributed by atoms with E-state index in [0.29, 0.717) is 13.2 Å². The Morgan fingerprint density at radius 1 is 0.500 bits per heavy atom. The van der Waals surface area contributed by atoms with Gasteiger partial charge in [-0.3, -0.25) is 9.59 Å². The van der Waals surface area contributed by atoms with E-state index < -0.39 is 48.7 Å². The summed E-state index contributed by atoms with van der Waals surface area (Å²) in [5.74, 6) is -0.959. The maximum absolute atomic E-state index is 11.2. The molecule has 0 spiro atoms. The number of nitrogens with one attached hydrogen (secondary N) is 7. The molecular weight excluding hydrogens is 630 g/mol. The Hall–Kier alpha value is -5.48. The van der Waals surface area contributed by atoms with Crippen LogP contribution in [0, 0.1) is 0 Å². The molecule has 7 amide bonds. The maximum Gasteiger partial charge on any atom is 0.408 e. The molecule has 46 heavy (non-hydrogen) atoms. The van der Waals surface area contributed by atoms with Crippen LogP contribution in [0.25, 0.3) is 0 Å². The van der Waals surface area contributed by atoms with E-state index in [1.807, 2.05) is 0 Å². The molecule has 0 saturated carbocycles. The Labute approximate surface area is 264 Å². The van der Waals surface area contributed by atoms with Crippen molar-refractivity contribution in [2.24, 2.45) is 0 Å². The molecule has 0 aromatic rings. The molecule has 0 aliphatic carbocycles. The molecule has 0 aromatic carbocycles. The largest absolute Gasteiger partial charge is 0.469 e. The lowest BCUT2D eigenvalue weighted by Crippen LogP contribution is -2.49. The molecule has 0 aromatic heterocycles. The molecule has 7 N–H and O–H groups in total. The fourth-order valence-corrected chi connectivity index (χ4v) is 2.04. The van der Waals surface area contributed by atoms with Crippen LogP contribution >= 0.6 is 0 Å². The highest BCUT2D eigenvalue weighted by atomic mass is 16.6. The number of esters is 1. The second kappa shape index (κ2) is 31.0. The predicted octanol–water partition coefficient (Wildman–Crippen LogP) is -1.58. The van der Waals surface area contributed by atoms with Gasteiger partial charge in [-0.15, -0.1) is 0 Å². The number of rotatable bonds is 14. The van der Waals surface area contributed by atoms with Crippen molar-refractivity contribution in [3.8, 4) is 0 Å². The lowest BCUT2D eigenvalue weighted by atomic mass is 10.3. The molecule has 0 heterocycles. The van der Waals surface area contributed by atoms with Crippen LogP contribution in [0.3, 0.4) is 0 Å². The molecule has 0 rings (SSSR count). The minimum absolute atomic E-state index is 0.000546. The van der Waals surface area contributed by atoms with Gasteiger partial charge in [-0.2, -0.15) is 0 Å². The number of carbonyl (C=O) groups excluding carboxylic acids is 8. The number of methoxy groups -OCH3 is 7. The Morgan fingerprint density at radius 2 is 0.935 bits per heavy atom. The summed E-state index contributed by atoms with van der Waals surface area (Å²) in [6.45, 7) is 0.604. The second-order valence-corrected chi connectivity index (χ2v) is 7.37. The van der Waals surface area contributed by atoms with Crippen molar-refractivity contribution in [3.05, 3.63) is 0 Å². The predicted molar refractivity (Wildman–Crippen MR) is 152 cm³/mol. The smallest absolute Gasteiger partial charge is 0.408 e. The summed E-state index contributed by atoms with van der Waals surface area (Å²) < 4.78 is 35.2. The van der Waals surface area contributed by atoms with Crippen LogP contribution in [0.5, 0.6) is 0 Å². The third-order valence-electron chi connectivity index (χ3n) is 4.23. The number of carbonyl (C=O) groups is 8. The average molecular weight is 674 g/mol. The Morgan fingerprint density at radius 3 is 1.33 bits per heavy atom. The van der Waals surface area contributed by atoms with E-state index in [2.05, 4.69) is 65.6 Å². The fourth-order valence-electron chi connectivity index (χ4n) is 2.04. The first-order valence-corrected chi connectivity index (χ1v) is 12.7. The minimum Gasteiger partial charge on any atom is -0.469 e. The van der Waals surface area contributed by atoms with E-state index >= 15 is 0 Å². The molecule has 23 heteroatoms. The maximum atomic E-state index is 11.2. The highest BCUT2D eigenvalue weighted by molar-refractivity contribution is 5.77. The lowest BCUT2D eigenvalue weighted by Gasteiger charge is -2.17. The molecule has 0 radical (unpaired) electrons. The van der Waals surface area contributed by atoms with E-state index in [9.17, 15) is 38.4 Å². The topological polar surface area (TPSA) is 295 Å². The first-order chi connectivity index (χ1) is 21.8. The van der Waals surface area contributed by atoms with Gasteiger partial charge in [0.15, 0.2) is 0 Å². The third-order valence-corrected chi connectivity index (χ3v) is 4.23. The van der Waals surface area contributed by atoms with Gasteiger partial charge in [-0.1, -0.05) is 0 Å². The zero-order valence-corrected chi connectivity index (χ0v) is 26.6. The first-order valence-electron chi connectivity index (χ1n) is 12.7. The van der Waals surface area contributed by atoms with Crippen molar-refractivity contribution in [2.45, 2.75) is 19.0 Å². The van der Waals surface area contributed by atoms with Crippen molar-refractivity contribution in [2.75, 3.05) is 82.9 Å². The van der Waals surface area contributed by atoms with E-state index in [0.717, 1.165) is 14.2 Å². The second-order valence-electron chi connectivity index (χ2n) is 7.37. The molecule has 0 bridgehead atoms. The van der Waals surface area contributed by atoms with Crippen LogP contribution in [0.1, 0.15) is 12.8 Å². The van der Waals surface area contributed by atoms with E-state index in [-0.39, 0.29) is 38.7 Å². The standard InChI is InChI=1S/C10H19N3O6.C8H14N2O6.C5H10N2O4/c1-17-6-4-11-10(16)19-5-3-8(14)12-7-13-9(15)18-2;1-14-6(11)4-5(9-7(12)15-2)10-8(13)16-3;1-10-4(8)6-3-7-5(9)11-2/h3-7H2,1-2H3,(H,11,16)(H,12,14)(H,13,15);5H,4H2,1-3H3,(H,9,12)(H,10,13);3H2,1-2H3,(H,6,8)(H,7,9). The van der Waals surface area contributed by atoms with Gasteiger partial charge in [-0.05, 0) is 0 Å². The van der Waals surface area contributed by atoms with Gasteiger partial charge >= 0.3 is 42.5 Å². The van der Waals surface area contributed by atoms with Crippen molar-refractivity contribution in [1.29, 1.82) is 0 Å². The summed E-state index contributed by atoms with van der Waals surface area (Å²) in [5.41, 5.74) is 0. The normalized spacial score (nSPS) is 9.04. The van der Waals surface area contributed by atoms with Crippen LogP contribution in [0.2, 0.25) is 0 Å². The molecule has 0 unspecified atom stereocenters. The summed E-state index contributed by atoms with van der Waals surface area (Å²) in [7, 11) is 8.69. The molecule has 0 atom stereocenters. The first kappa shape index (κ1) is 45.0. The van der Waals surface area contributed by atoms with E-state index in [1.54, 1.807) is 0 Å². The molecule has 0 fully saturated rings. The van der Waals surface area contributed by atoms with Gasteiger partial charge < -0.3 is 75.1 Å². The molecular formula is C23H43N7O16. The highest BCUT2D eigenvalue weighted by Crippen LogP contribution is 1.93. The van der Waals surface area contributed by atoms with Crippen LogP contribution in [-0.2, 0) is 47.5 Å². The van der Waals surface area contributed by atoms with Crippen molar-refractivity contribution in [3.63, 3.8) is 0 Å². The number of amides is 7. The number of hydrogen-bond acceptors (Lipinski definition) is 16. The van der Waals surface area contributed by atoms with Gasteiger partial charge in [0.1, 0.15) is 12.8 Å². The summed E-state index contributed by atoms with van der Waals surface area (Å²) >= 11 is 0. The highest BCUT2D eigenvalue weighted by Gasteiger charge is 2.19.